The molecule has 0 fully saturated rings. The molecular weight excluding hydrogens is 192 g/mol. The van der Waals surface area contributed by atoms with E-state index >= 15 is 0 Å². The van der Waals surface area contributed by atoms with E-state index in [0.29, 0.717) is 0 Å². The minimum absolute atomic E-state index is 0.814. The van der Waals surface area contributed by atoms with Gasteiger partial charge in [-0.05, 0) is 12.8 Å². The van der Waals surface area contributed by atoms with Crippen molar-refractivity contribution in [3.63, 3.8) is 0 Å². The summed E-state index contributed by atoms with van der Waals surface area (Å²) in [5, 5.41) is 1.14. The van der Waals surface area contributed by atoms with E-state index in [1.165, 1.54) is 25.7 Å². The summed E-state index contributed by atoms with van der Waals surface area (Å²) < 4.78 is 4.69. The summed E-state index contributed by atoms with van der Waals surface area (Å²) in [4.78, 5) is 0. The number of rotatable bonds is 7. The lowest BCUT2D eigenvalue weighted by molar-refractivity contribution is 0.233. The van der Waals surface area contributed by atoms with Crippen molar-refractivity contribution in [1.82, 2.24) is 0 Å². The third kappa shape index (κ3) is 8.44. The maximum absolute atomic E-state index is 4.69. The van der Waals surface area contributed by atoms with Crippen LogP contribution in [0, 0.1) is 7.11 Å². The Labute approximate surface area is 72.3 Å². The van der Waals surface area contributed by atoms with Crippen LogP contribution in [0.5, 0.6) is 0 Å². The van der Waals surface area contributed by atoms with Gasteiger partial charge in [0, 0.05) is 11.9 Å². The summed E-state index contributed by atoms with van der Waals surface area (Å²) in [5.41, 5.74) is 0. The zero-order chi connectivity index (χ0) is 7.66. The van der Waals surface area contributed by atoms with Gasteiger partial charge in [0.25, 0.3) is 0 Å². The normalized spacial score (nSPS) is 10.2. The molecule has 1 radical (unpaired) electrons. The molecule has 61 valence electrons. The van der Waals surface area contributed by atoms with Crippen molar-refractivity contribution in [2.75, 3.05) is 11.9 Å². The molecule has 0 aliphatic carbocycles. The number of ether oxygens (including phenoxy) is 1. The van der Waals surface area contributed by atoms with Gasteiger partial charge >= 0.3 is 0 Å². The van der Waals surface area contributed by atoms with E-state index in [2.05, 4.69) is 27.8 Å². The molecule has 2 heteroatoms. The largest absolute Gasteiger partial charge is 0.379 e. The highest BCUT2D eigenvalue weighted by Crippen LogP contribution is 2.04. The summed E-state index contributed by atoms with van der Waals surface area (Å²) in [6, 6.07) is 0. The summed E-state index contributed by atoms with van der Waals surface area (Å²) >= 11 is 3.40. The molecule has 0 amide bonds. The van der Waals surface area contributed by atoms with Gasteiger partial charge in [0.1, 0.15) is 0 Å². The molecule has 0 aromatic rings. The van der Waals surface area contributed by atoms with Gasteiger partial charge in [0.15, 0.2) is 0 Å². The second-order valence-electron chi connectivity index (χ2n) is 2.36. The molecule has 0 rings (SSSR count). The molecular formula is C8H16BrO. The number of hydrogen-bond donors (Lipinski definition) is 0. The first-order valence-electron chi connectivity index (χ1n) is 3.84. The van der Waals surface area contributed by atoms with Crippen LogP contribution >= 0.6 is 15.9 Å². The fraction of sp³-hybridized carbons (Fsp3) is 0.875. The van der Waals surface area contributed by atoms with Gasteiger partial charge in [-0.25, -0.2) is 0 Å². The molecule has 0 spiro atoms. The van der Waals surface area contributed by atoms with E-state index < -0.39 is 0 Å². The van der Waals surface area contributed by atoms with E-state index in [4.69, 9.17) is 0 Å². The second-order valence-corrected chi connectivity index (χ2v) is 3.16. The number of hydrogen-bond acceptors (Lipinski definition) is 1. The summed E-state index contributed by atoms with van der Waals surface area (Å²) in [7, 11) is 3.31. The highest BCUT2D eigenvalue weighted by Gasteiger charge is 1.88. The second kappa shape index (κ2) is 9.44. The Bertz CT molecular complexity index is 49.2. The van der Waals surface area contributed by atoms with Crippen LogP contribution in [0.15, 0.2) is 0 Å². The smallest absolute Gasteiger partial charge is 0.0700 e. The van der Waals surface area contributed by atoms with Crippen molar-refractivity contribution in [2.24, 2.45) is 0 Å². The molecule has 0 saturated heterocycles. The average Bonchev–Trinajstić information content (AvgIpc) is 1.97. The van der Waals surface area contributed by atoms with Gasteiger partial charge in [-0.3, -0.25) is 0 Å². The van der Waals surface area contributed by atoms with Crippen molar-refractivity contribution in [2.45, 2.75) is 32.1 Å². The van der Waals surface area contributed by atoms with E-state index in [-0.39, 0.29) is 0 Å². The predicted octanol–water partition coefficient (Wildman–Crippen LogP) is 3.14. The molecule has 10 heavy (non-hydrogen) atoms. The van der Waals surface area contributed by atoms with Crippen molar-refractivity contribution in [1.29, 1.82) is 0 Å². The summed E-state index contributed by atoms with van der Waals surface area (Å²) in [6.07, 6.45) is 6.40. The third-order valence-electron chi connectivity index (χ3n) is 1.42. The molecule has 0 saturated carbocycles. The molecule has 0 N–H and O–H groups in total. The number of alkyl halides is 1. The molecule has 0 aromatic heterocycles. The van der Waals surface area contributed by atoms with Crippen molar-refractivity contribution in [3.8, 4) is 0 Å². The lowest BCUT2D eigenvalue weighted by Gasteiger charge is -1.97. The minimum atomic E-state index is 0.814. The van der Waals surface area contributed by atoms with Crippen molar-refractivity contribution < 1.29 is 4.74 Å². The Morgan fingerprint density at radius 3 is 2.20 bits per heavy atom. The first kappa shape index (κ1) is 10.4. The zero-order valence-corrected chi connectivity index (χ0v) is 8.03. The van der Waals surface area contributed by atoms with E-state index in [1.54, 1.807) is 0 Å². The van der Waals surface area contributed by atoms with E-state index in [0.717, 1.165) is 18.4 Å². The fourth-order valence-corrected chi connectivity index (χ4v) is 1.23. The summed E-state index contributed by atoms with van der Waals surface area (Å²) in [5.74, 6) is 0. The monoisotopic (exact) mass is 207 g/mol. The highest BCUT2D eigenvalue weighted by molar-refractivity contribution is 9.09. The van der Waals surface area contributed by atoms with Crippen LogP contribution in [0.2, 0.25) is 0 Å². The van der Waals surface area contributed by atoms with E-state index in [9.17, 15) is 0 Å². The fourth-order valence-electron chi connectivity index (χ4n) is 0.829. The van der Waals surface area contributed by atoms with Gasteiger partial charge in [0.05, 0.1) is 7.11 Å². The van der Waals surface area contributed by atoms with Crippen molar-refractivity contribution >= 4 is 15.9 Å². The first-order valence-corrected chi connectivity index (χ1v) is 4.97. The third-order valence-corrected chi connectivity index (χ3v) is 1.98. The van der Waals surface area contributed by atoms with Crippen LogP contribution in [0.4, 0.5) is 0 Å². The standard InChI is InChI=1S/C8H16BrO/c1-10-8-6-4-2-3-5-7-9/h1-8H2. The molecule has 0 aliphatic heterocycles. The maximum atomic E-state index is 4.69. The Kier molecular flexibility index (Phi) is 9.86. The van der Waals surface area contributed by atoms with Gasteiger partial charge in [0.2, 0.25) is 0 Å². The van der Waals surface area contributed by atoms with Crippen LogP contribution in [0.1, 0.15) is 32.1 Å². The van der Waals surface area contributed by atoms with Crippen LogP contribution in [0.25, 0.3) is 0 Å². The molecule has 0 aromatic carbocycles. The zero-order valence-electron chi connectivity index (χ0n) is 6.44. The van der Waals surface area contributed by atoms with E-state index in [1.807, 2.05) is 0 Å². The highest BCUT2D eigenvalue weighted by atomic mass is 79.9. The van der Waals surface area contributed by atoms with Crippen molar-refractivity contribution in [3.05, 3.63) is 7.11 Å². The Hall–Kier alpha value is 0.440. The molecule has 0 atom stereocenters. The molecule has 0 aliphatic rings. The van der Waals surface area contributed by atoms with Gasteiger partial charge in [-0.2, -0.15) is 0 Å². The van der Waals surface area contributed by atoms with Gasteiger partial charge in [-0.1, -0.05) is 35.2 Å². The Morgan fingerprint density at radius 2 is 1.60 bits per heavy atom. The van der Waals surface area contributed by atoms with Crippen LogP contribution in [-0.4, -0.2) is 11.9 Å². The van der Waals surface area contributed by atoms with Gasteiger partial charge < -0.3 is 4.74 Å². The maximum Gasteiger partial charge on any atom is 0.0700 e. The molecule has 0 unspecified atom stereocenters. The molecule has 0 heterocycles. The van der Waals surface area contributed by atoms with Crippen LogP contribution in [0.3, 0.4) is 0 Å². The minimum Gasteiger partial charge on any atom is -0.379 e. The predicted molar refractivity (Wildman–Crippen MR) is 48.2 cm³/mol. The lowest BCUT2D eigenvalue weighted by atomic mass is 10.2. The molecule has 1 nitrogen and oxygen atoms in total. The Balaban J connectivity index is 2.65. The SMILES string of the molecule is [CH2]OCCCCCCCBr. The van der Waals surface area contributed by atoms with Crippen LogP contribution < -0.4 is 0 Å². The number of halogens is 1. The van der Waals surface area contributed by atoms with Gasteiger partial charge in [-0.15, -0.1) is 0 Å². The summed E-state index contributed by atoms with van der Waals surface area (Å²) in [6.45, 7) is 0.814. The first-order chi connectivity index (χ1) is 4.91. The average molecular weight is 208 g/mol. The van der Waals surface area contributed by atoms with Crippen LogP contribution in [-0.2, 0) is 4.74 Å². The topological polar surface area (TPSA) is 9.23 Å². The molecule has 0 bridgehead atoms. The quantitative estimate of drug-likeness (QED) is 0.461. The lowest BCUT2D eigenvalue weighted by Crippen LogP contribution is -1.86. The number of unbranched alkanes of at least 4 members (excludes halogenated alkanes) is 4. The Morgan fingerprint density at radius 1 is 1.00 bits per heavy atom.